The number of benzene rings is 2. The lowest BCUT2D eigenvalue weighted by molar-refractivity contribution is -0.119. The van der Waals surface area contributed by atoms with E-state index in [9.17, 15) is 14.4 Å². The first kappa shape index (κ1) is 18.3. The van der Waals surface area contributed by atoms with Crippen molar-refractivity contribution in [2.24, 2.45) is 0 Å². The lowest BCUT2D eigenvalue weighted by atomic mass is 10.1. The summed E-state index contributed by atoms with van der Waals surface area (Å²) in [5, 5.41) is 6.20. The molecule has 7 heteroatoms. The van der Waals surface area contributed by atoms with Gasteiger partial charge >= 0.3 is 5.63 Å². The van der Waals surface area contributed by atoms with Gasteiger partial charge in [0.1, 0.15) is 12.2 Å². The highest BCUT2D eigenvalue weighted by molar-refractivity contribution is 6.06. The van der Waals surface area contributed by atoms with Crippen LogP contribution in [0, 0.1) is 6.92 Å². The first-order valence-corrected chi connectivity index (χ1v) is 8.21. The molecule has 0 bridgehead atoms. The standard InChI is InChI=1S/C20H18N2O5/c1-12-8-19(24)27-17-10-15(6-7-16(12)17)22-20(25)13-4-3-5-14(9-13)21-18(23)11-26-2/h3-10H,11H2,1-2H3,(H,21,23)(H,22,25). The first-order chi connectivity index (χ1) is 13.0. The van der Waals surface area contributed by atoms with Gasteiger partial charge in [0.25, 0.3) is 5.91 Å². The number of carbonyl (C=O) groups excluding carboxylic acids is 2. The monoisotopic (exact) mass is 366 g/mol. The van der Waals surface area contributed by atoms with Crippen LogP contribution >= 0.6 is 0 Å². The van der Waals surface area contributed by atoms with E-state index in [1.165, 1.54) is 13.2 Å². The normalized spacial score (nSPS) is 10.6. The van der Waals surface area contributed by atoms with Gasteiger partial charge < -0.3 is 19.8 Å². The zero-order chi connectivity index (χ0) is 19.4. The molecule has 0 aliphatic carbocycles. The molecule has 0 aliphatic rings. The number of rotatable bonds is 5. The highest BCUT2D eigenvalue weighted by Gasteiger charge is 2.10. The Bertz CT molecular complexity index is 1070. The minimum atomic E-state index is -0.442. The summed E-state index contributed by atoms with van der Waals surface area (Å²) in [4.78, 5) is 35.6. The maximum Gasteiger partial charge on any atom is 0.336 e. The molecule has 0 spiro atoms. The van der Waals surface area contributed by atoms with Crippen LogP contribution in [-0.4, -0.2) is 25.5 Å². The van der Waals surface area contributed by atoms with Gasteiger partial charge in [-0.1, -0.05) is 6.07 Å². The topological polar surface area (TPSA) is 97.6 Å². The predicted molar refractivity (Wildman–Crippen MR) is 102 cm³/mol. The van der Waals surface area contributed by atoms with Crippen LogP contribution in [0.2, 0.25) is 0 Å². The van der Waals surface area contributed by atoms with E-state index in [1.54, 1.807) is 42.5 Å². The van der Waals surface area contributed by atoms with Crippen LogP contribution in [0.3, 0.4) is 0 Å². The second-order valence-corrected chi connectivity index (χ2v) is 5.98. The fraction of sp³-hybridized carbons (Fsp3) is 0.150. The van der Waals surface area contributed by atoms with Crippen molar-refractivity contribution in [2.75, 3.05) is 24.4 Å². The number of methoxy groups -OCH3 is 1. The van der Waals surface area contributed by atoms with E-state index in [0.717, 1.165) is 10.9 Å². The van der Waals surface area contributed by atoms with Crippen LogP contribution in [0.4, 0.5) is 11.4 Å². The van der Waals surface area contributed by atoms with E-state index in [4.69, 9.17) is 9.15 Å². The Kier molecular flexibility index (Phi) is 5.33. The molecule has 0 aliphatic heterocycles. The second-order valence-electron chi connectivity index (χ2n) is 5.98. The Morgan fingerprint density at radius 3 is 2.59 bits per heavy atom. The third-order valence-electron chi connectivity index (χ3n) is 3.89. The van der Waals surface area contributed by atoms with Crippen LogP contribution in [0.25, 0.3) is 11.0 Å². The van der Waals surface area contributed by atoms with Crippen molar-refractivity contribution in [1.82, 2.24) is 0 Å². The van der Waals surface area contributed by atoms with Crippen molar-refractivity contribution in [3.8, 4) is 0 Å². The summed E-state index contributed by atoms with van der Waals surface area (Å²) in [6.45, 7) is 1.75. The number of hydrogen-bond donors (Lipinski definition) is 2. The number of fused-ring (bicyclic) bond motifs is 1. The number of ether oxygens (including phenoxy) is 1. The van der Waals surface area contributed by atoms with Gasteiger partial charge in [0.2, 0.25) is 5.91 Å². The molecule has 27 heavy (non-hydrogen) atoms. The van der Waals surface area contributed by atoms with Gasteiger partial charge in [0.15, 0.2) is 0 Å². The van der Waals surface area contributed by atoms with E-state index < -0.39 is 5.63 Å². The summed E-state index contributed by atoms with van der Waals surface area (Å²) in [7, 11) is 1.43. The Labute approximate surface area is 154 Å². The van der Waals surface area contributed by atoms with Gasteiger partial charge in [-0.15, -0.1) is 0 Å². The Morgan fingerprint density at radius 2 is 1.81 bits per heavy atom. The van der Waals surface area contributed by atoms with Crippen molar-refractivity contribution in [2.45, 2.75) is 6.92 Å². The van der Waals surface area contributed by atoms with Gasteiger partial charge in [-0.25, -0.2) is 4.79 Å². The third kappa shape index (κ3) is 4.39. The molecule has 138 valence electrons. The SMILES string of the molecule is COCC(=O)Nc1cccc(C(=O)Nc2ccc3c(C)cc(=O)oc3c2)c1. The second kappa shape index (κ2) is 7.84. The molecule has 1 heterocycles. The molecule has 0 fully saturated rings. The van der Waals surface area contributed by atoms with Gasteiger partial charge in [-0.2, -0.15) is 0 Å². The lowest BCUT2D eigenvalue weighted by Gasteiger charge is -2.09. The minimum absolute atomic E-state index is 0.0713. The summed E-state index contributed by atoms with van der Waals surface area (Å²) in [6, 6.07) is 13.1. The highest BCUT2D eigenvalue weighted by Crippen LogP contribution is 2.21. The molecule has 0 atom stereocenters. The number of hydrogen-bond acceptors (Lipinski definition) is 5. The first-order valence-electron chi connectivity index (χ1n) is 8.21. The molecule has 1 aromatic heterocycles. The minimum Gasteiger partial charge on any atom is -0.423 e. The molecule has 2 N–H and O–H groups in total. The highest BCUT2D eigenvalue weighted by atomic mass is 16.5. The number of nitrogens with one attached hydrogen (secondary N) is 2. The summed E-state index contributed by atoms with van der Waals surface area (Å²) in [5.41, 5.74) is 2.12. The number of amides is 2. The third-order valence-corrected chi connectivity index (χ3v) is 3.89. The summed E-state index contributed by atoms with van der Waals surface area (Å²) in [5.74, 6) is -0.665. The van der Waals surface area contributed by atoms with E-state index in [0.29, 0.717) is 22.5 Å². The zero-order valence-electron chi connectivity index (χ0n) is 14.9. The molecule has 2 amide bonds. The van der Waals surface area contributed by atoms with Gasteiger partial charge in [0, 0.05) is 41.6 Å². The van der Waals surface area contributed by atoms with E-state index >= 15 is 0 Å². The van der Waals surface area contributed by atoms with Crippen molar-refractivity contribution in [3.63, 3.8) is 0 Å². The fourth-order valence-corrected chi connectivity index (χ4v) is 2.67. The molecule has 0 unspecified atom stereocenters. The van der Waals surface area contributed by atoms with Gasteiger partial charge in [-0.05, 0) is 42.8 Å². The Morgan fingerprint density at radius 1 is 1.04 bits per heavy atom. The maximum absolute atomic E-state index is 12.5. The van der Waals surface area contributed by atoms with Crippen LogP contribution in [0.5, 0.6) is 0 Å². The summed E-state index contributed by atoms with van der Waals surface area (Å²) >= 11 is 0. The smallest absolute Gasteiger partial charge is 0.336 e. The number of anilines is 2. The summed E-state index contributed by atoms with van der Waals surface area (Å²) in [6.07, 6.45) is 0. The zero-order valence-corrected chi connectivity index (χ0v) is 14.9. The summed E-state index contributed by atoms with van der Waals surface area (Å²) < 4.78 is 9.95. The van der Waals surface area contributed by atoms with Crippen LogP contribution in [0.15, 0.2) is 57.7 Å². The van der Waals surface area contributed by atoms with Crippen LogP contribution < -0.4 is 16.3 Å². The van der Waals surface area contributed by atoms with Crippen molar-refractivity contribution < 1.29 is 18.7 Å². The molecule has 0 saturated carbocycles. The lowest BCUT2D eigenvalue weighted by Crippen LogP contribution is -2.18. The quantitative estimate of drug-likeness (QED) is 0.677. The van der Waals surface area contributed by atoms with Crippen molar-refractivity contribution in [3.05, 3.63) is 70.1 Å². The average molecular weight is 366 g/mol. The average Bonchev–Trinajstić information content (AvgIpc) is 2.61. The number of aryl methyl sites for hydroxylation is 1. The predicted octanol–water partition coefficient (Wildman–Crippen LogP) is 2.94. The molecular weight excluding hydrogens is 348 g/mol. The van der Waals surface area contributed by atoms with E-state index in [1.807, 2.05) is 6.92 Å². The van der Waals surface area contributed by atoms with Crippen molar-refractivity contribution in [1.29, 1.82) is 0 Å². The van der Waals surface area contributed by atoms with Gasteiger partial charge in [-0.3, -0.25) is 9.59 Å². The van der Waals surface area contributed by atoms with Gasteiger partial charge in [0.05, 0.1) is 0 Å². The molecule has 7 nitrogen and oxygen atoms in total. The molecular formula is C20H18N2O5. The van der Waals surface area contributed by atoms with E-state index in [-0.39, 0.29) is 18.4 Å². The van der Waals surface area contributed by atoms with Crippen LogP contribution in [-0.2, 0) is 9.53 Å². The molecule has 0 saturated heterocycles. The molecule has 0 radical (unpaired) electrons. The Balaban J connectivity index is 1.80. The molecule has 2 aromatic carbocycles. The largest absolute Gasteiger partial charge is 0.423 e. The Hall–Kier alpha value is -3.45. The van der Waals surface area contributed by atoms with E-state index in [2.05, 4.69) is 10.6 Å². The van der Waals surface area contributed by atoms with Crippen molar-refractivity contribution >= 4 is 34.2 Å². The number of carbonyl (C=O) groups is 2. The molecule has 3 aromatic rings. The molecule has 3 rings (SSSR count). The fourth-order valence-electron chi connectivity index (χ4n) is 2.67. The maximum atomic E-state index is 12.5. The van der Waals surface area contributed by atoms with Crippen LogP contribution in [0.1, 0.15) is 15.9 Å².